The molecule has 0 radical (unpaired) electrons. The summed E-state index contributed by atoms with van der Waals surface area (Å²) in [7, 11) is 0. The van der Waals surface area contributed by atoms with Crippen molar-refractivity contribution in [3.8, 4) is 6.07 Å². The zero-order chi connectivity index (χ0) is 11.5. The molecule has 5 heteroatoms. The Morgan fingerprint density at radius 2 is 2.31 bits per heavy atom. The van der Waals surface area contributed by atoms with Crippen molar-refractivity contribution in [1.82, 2.24) is 0 Å². The fourth-order valence-electron chi connectivity index (χ4n) is 1.61. The highest BCUT2D eigenvalue weighted by molar-refractivity contribution is 6.30. The minimum absolute atomic E-state index is 0.189. The predicted molar refractivity (Wildman–Crippen MR) is 60.4 cm³/mol. The largest absolute Gasteiger partial charge is 0.388 e. The lowest BCUT2D eigenvalue weighted by Crippen LogP contribution is -2.32. The van der Waals surface area contributed by atoms with Crippen LogP contribution in [0, 0.1) is 11.3 Å². The molecular formula is C11H11ClN2O2. The van der Waals surface area contributed by atoms with Crippen molar-refractivity contribution in [3.63, 3.8) is 0 Å². The number of rotatable bonds is 2. The summed E-state index contributed by atoms with van der Waals surface area (Å²) in [5, 5.41) is 22.1. The first-order chi connectivity index (χ1) is 7.70. The lowest BCUT2D eigenvalue weighted by molar-refractivity contribution is 0.125. The van der Waals surface area contributed by atoms with Crippen LogP contribution in [0.25, 0.3) is 0 Å². The van der Waals surface area contributed by atoms with Crippen LogP contribution in [0.5, 0.6) is 0 Å². The van der Waals surface area contributed by atoms with Crippen LogP contribution in [0.1, 0.15) is 5.56 Å². The molecule has 0 spiro atoms. The van der Waals surface area contributed by atoms with E-state index in [2.05, 4.69) is 11.4 Å². The fourth-order valence-corrected chi connectivity index (χ4v) is 1.79. The van der Waals surface area contributed by atoms with Gasteiger partial charge in [-0.1, -0.05) is 11.6 Å². The van der Waals surface area contributed by atoms with Crippen LogP contribution < -0.4 is 5.32 Å². The molecule has 84 valence electrons. The number of aliphatic hydroxyl groups excluding tert-OH is 1. The first-order valence-corrected chi connectivity index (χ1v) is 5.30. The van der Waals surface area contributed by atoms with Crippen molar-refractivity contribution in [2.24, 2.45) is 0 Å². The summed E-state index contributed by atoms with van der Waals surface area (Å²) in [6.45, 7) is 0.749. The van der Waals surface area contributed by atoms with E-state index in [1.165, 1.54) is 0 Å². The van der Waals surface area contributed by atoms with E-state index in [-0.39, 0.29) is 6.04 Å². The van der Waals surface area contributed by atoms with Gasteiger partial charge in [0.25, 0.3) is 0 Å². The lowest BCUT2D eigenvalue weighted by atomic mass is 10.1. The Hall–Kier alpha value is -1.28. The summed E-state index contributed by atoms with van der Waals surface area (Å²) < 4.78 is 5.12. The molecule has 16 heavy (non-hydrogen) atoms. The highest BCUT2D eigenvalue weighted by Gasteiger charge is 2.26. The lowest BCUT2D eigenvalue weighted by Gasteiger charge is -2.16. The maximum atomic E-state index is 9.58. The van der Waals surface area contributed by atoms with Gasteiger partial charge in [0.05, 0.1) is 36.6 Å². The van der Waals surface area contributed by atoms with Gasteiger partial charge in [-0.15, -0.1) is 0 Å². The van der Waals surface area contributed by atoms with E-state index in [1.54, 1.807) is 18.2 Å². The first-order valence-electron chi connectivity index (χ1n) is 4.92. The molecule has 1 heterocycles. The normalized spacial score (nSPS) is 24.1. The van der Waals surface area contributed by atoms with E-state index in [4.69, 9.17) is 21.6 Å². The van der Waals surface area contributed by atoms with E-state index < -0.39 is 6.10 Å². The number of benzene rings is 1. The molecule has 1 saturated heterocycles. The number of hydrogen-bond donors (Lipinski definition) is 2. The standard InChI is InChI=1S/C11H11ClN2O2/c12-8-2-1-7(4-13)9(3-8)14-10-5-16-6-11(10)15/h1-3,10-11,14-15H,5-6H2. The van der Waals surface area contributed by atoms with Crippen LogP contribution in [-0.4, -0.2) is 30.5 Å². The quantitative estimate of drug-likeness (QED) is 0.817. The molecule has 0 saturated carbocycles. The number of aliphatic hydroxyl groups is 1. The van der Waals surface area contributed by atoms with E-state index in [1.807, 2.05) is 0 Å². The molecule has 4 nitrogen and oxygen atoms in total. The maximum Gasteiger partial charge on any atom is 0.101 e. The van der Waals surface area contributed by atoms with E-state index in [0.717, 1.165) is 0 Å². The van der Waals surface area contributed by atoms with Gasteiger partial charge in [-0.25, -0.2) is 0 Å². The average molecular weight is 239 g/mol. The van der Waals surface area contributed by atoms with Crippen molar-refractivity contribution < 1.29 is 9.84 Å². The molecule has 2 atom stereocenters. The summed E-state index contributed by atoms with van der Waals surface area (Å²) in [6, 6.07) is 6.86. The molecule has 0 aromatic heterocycles. The zero-order valence-corrected chi connectivity index (χ0v) is 9.24. The minimum atomic E-state index is -0.550. The van der Waals surface area contributed by atoms with E-state index >= 15 is 0 Å². The number of nitriles is 1. The molecule has 2 unspecified atom stereocenters. The van der Waals surface area contributed by atoms with Gasteiger partial charge in [-0.2, -0.15) is 5.26 Å². The average Bonchev–Trinajstić information content (AvgIpc) is 2.65. The Balaban J connectivity index is 2.20. The third kappa shape index (κ3) is 2.27. The number of nitrogens with one attached hydrogen (secondary N) is 1. The number of hydrogen-bond acceptors (Lipinski definition) is 4. The smallest absolute Gasteiger partial charge is 0.101 e. The van der Waals surface area contributed by atoms with Crippen LogP contribution in [0.4, 0.5) is 5.69 Å². The number of nitrogens with zero attached hydrogens (tertiary/aromatic N) is 1. The van der Waals surface area contributed by atoms with Gasteiger partial charge in [0, 0.05) is 5.02 Å². The molecular weight excluding hydrogens is 228 g/mol. The summed E-state index contributed by atoms with van der Waals surface area (Å²) in [5.41, 5.74) is 1.13. The molecule has 1 aromatic rings. The zero-order valence-electron chi connectivity index (χ0n) is 8.48. The molecule has 0 bridgehead atoms. The van der Waals surface area contributed by atoms with E-state index in [9.17, 15) is 5.11 Å². The Labute approximate surface area is 98.4 Å². The molecule has 1 aromatic carbocycles. The molecule has 2 N–H and O–H groups in total. The van der Waals surface area contributed by atoms with Gasteiger partial charge in [-0.05, 0) is 18.2 Å². The number of halogens is 1. The topological polar surface area (TPSA) is 65.3 Å². The maximum absolute atomic E-state index is 9.58. The van der Waals surface area contributed by atoms with Crippen LogP contribution >= 0.6 is 11.6 Å². The van der Waals surface area contributed by atoms with Gasteiger partial charge in [0.2, 0.25) is 0 Å². The van der Waals surface area contributed by atoms with Crippen LogP contribution in [-0.2, 0) is 4.74 Å². The Morgan fingerprint density at radius 1 is 1.50 bits per heavy atom. The summed E-state index contributed by atoms with van der Waals surface area (Å²) in [4.78, 5) is 0. The second kappa shape index (κ2) is 4.71. The number of ether oxygens (including phenoxy) is 1. The Morgan fingerprint density at radius 3 is 2.94 bits per heavy atom. The molecule has 1 aliphatic rings. The third-order valence-electron chi connectivity index (χ3n) is 2.49. The van der Waals surface area contributed by atoms with Crippen molar-refractivity contribution in [3.05, 3.63) is 28.8 Å². The second-order valence-electron chi connectivity index (χ2n) is 3.66. The number of anilines is 1. The van der Waals surface area contributed by atoms with Gasteiger partial charge in [0.1, 0.15) is 6.07 Å². The molecule has 1 fully saturated rings. The van der Waals surface area contributed by atoms with Crippen LogP contribution in [0.2, 0.25) is 5.02 Å². The van der Waals surface area contributed by atoms with Crippen molar-refractivity contribution >= 4 is 17.3 Å². The molecule has 2 rings (SSSR count). The molecule has 1 aliphatic heterocycles. The second-order valence-corrected chi connectivity index (χ2v) is 4.09. The summed E-state index contributed by atoms with van der Waals surface area (Å²) in [5.74, 6) is 0. The monoisotopic (exact) mass is 238 g/mol. The minimum Gasteiger partial charge on any atom is -0.388 e. The summed E-state index contributed by atoms with van der Waals surface area (Å²) in [6.07, 6.45) is -0.550. The highest BCUT2D eigenvalue weighted by Crippen LogP contribution is 2.22. The van der Waals surface area contributed by atoms with Crippen LogP contribution in [0.3, 0.4) is 0 Å². The fraction of sp³-hybridized carbons (Fsp3) is 0.364. The van der Waals surface area contributed by atoms with Gasteiger partial charge in [0.15, 0.2) is 0 Å². The summed E-state index contributed by atoms with van der Waals surface area (Å²) >= 11 is 5.85. The Bertz CT molecular complexity index is 430. The predicted octanol–water partition coefficient (Wildman–Crippen LogP) is 1.38. The van der Waals surface area contributed by atoms with Crippen molar-refractivity contribution in [2.45, 2.75) is 12.1 Å². The molecule has 0 amide bonds. The SMILES string of the molecule is N#Cc1ccc(Cl)cc1NC1COCC1O. The van der Waals surface area contributed by atoms with Gasteiger partial charge < -0.3 is 15.2 Å². The van der Waals surface area contributed by atoms with E-state index in [0.29, 0.717) is 29.5 Å². The highest BCUT2D eigenvalue weighted by atomic mass is 35.5. The van der Waals surface area contributed by atoms with Crippen molar-refractivity contribution in [1.29, 1.82) is 5.26 Å². The van der Waals surface area contributed by atoms with Gasteiger partial charge >= 0.3 is 0 Å². The Kier molecular flexibility index (Phi) is 3.30. The van der Waals surface area contributed by atoms with Crippen LogP contribution in [0.15, 0.2) is 18.2 Å². The van der Waals surface area contributed by atoms with Gasteiger partial charge in [-0.3, -0.25) is 0 Å². The molecule has 0 aliphatic carbocycles. The third-order valence-corrected chi connectivity index (χ3v) is 2.73. The van der Waals surface area contributed by atoms with Crippen molar-refractivity contribution in [2.75, 3.05) is 18.5 Å². The first kappa shape index (κ1) is 11.2.